The van der Waals surface area contributed by atoms with Gasteiger partial charge < -0.3 is 15.4 Å². The van der Waals surface area contributed by atoms with Crippen LogP contribution in [0.5, 0.6) is 5.75 Å². The molecule has 2 rings (SSSR count). The number of piperidine rings is 1. The van der Waals surface area contributed by atoms with Crippen molar-refractivity contribution in [2.75, 3.05) is 6.54 Å². The number of amides is 1. The van der Waals surface area contributed by atoms with Gasteiger partial charge in [0.25, 0.3) is 0 Å². The average Bonchev–Trinajstić information content (AvgIpc) is 2.47. The van der Waals surface area contributed by atoms with E-state index in [2.05, 4.69) is 15.4 Å². The second-order valence-corrected chi connectivity index (χ2v) is 5.18. The Morgan fingerprint density at radius 3 is 2.82 bits per heavy atom. The van der Waals surface area contributed by atoms with Gasteiger partial charge in [-0.1, -0.05) is 18.6 Å². The van der Waals surface area contributed by atoms with Gasteiger partial charge in [0.2, 0.25) is 5.91 Å². The van der Waals surface area contributed by atoms with Crippen molar-refractivity contribution in [1.29, 1.82) is 0 Å². The van der Waals surface area contributed by atoms with Gasteiger partial charge in [0, 0.05) is 0 Å². The van der Waals surface area contributed by atoms with E-state index in [9.17, 15) is 13.6 Å². The lowest BCUT2D eigenvalue weighted by Crippen LogP contribution is -2.47. The summed E-state index contributed by atoms with van der Waals surface area (Å²) in [4.78, 5) is 12.1. The number of alkyl halides is 2. The summed E-state index contributed by atoms with van der Waals surface area (Å²) in [7, 11) is 0. The Morgan fingerprint density at radius 2 is 2.18 bits per heavy atom. The van der Waals surface area contributed by atoms with Crippen LogP contribution in [0.4, 0.5) is 8.78 Å². The number of hydrogen-bond donors (Lipinski definition) is 2. The van der Waals surface area contributed by atoms with Crippen molar-refractivity contribution in [3.05, 3.63) is 29.8 Å². The number of carbonyl (C=O) groups excluding carboxylic acids is 1. The van der Waals surface area contributed by atoms with E-state index in [1.165, 1.54) is 12.1 Å². The number of benzene rings is 1. The molecule has 1 aliphatic rings. The number of carbonyl (C=O) groups is 1. The lowest BCUT2D eigenvalue weighted by atomic mass is 10.0. The molecule has 0 spiro atoms. The Labute approximate surface area is 135 Å². The number of ether oxygens (including phenoxy) is 1. The minimum atomic E-state index is -2.85. The zero-order valence-electron chi connectivity index (χ0n) is 12.4. The first-order chi connectivity index (χ1) is 10.1. The minimum Gasteiger partial charge on any atom is -0.435 e. The first-order valence-corrected chi connectivity index (χ1v) is 7.15. The lowest BCUT2D eigenvalue weighted by Gasteiger charge is -2.24. The molecule has 1 aromatic carbocycles. The maximum absolute atomic E-state index is 12.2. The molecule has 1 amide bonds. The standard InChI is InChI=1S/C15H20F2N2O2.ClH/c1-10(19-14(20)13-7-2-3-8-18-13)11-5-4-6-12(9-11)21-15(16)17;/h4-6,9-10,13,15,18H,2-3,7-8H2,1H3,(H,19,20);1H/t10?,13-;/m1./s1. The number of nitrogens with one attached hydrogen (secondary N) is 2. The molecule has 1 saturated heterocycles. The van der Waals surface area contributed by atoms with Gasteiger partial charge in [-0.3, -0.25) is 4.79 Å². The molecular formula is C15H21ClF2N2O2. The first kappa shape index (κ1) is 18.6. The summed E-state index contributed by atoms with van der Waals surface area (Å²) in [6.07, 6.45) is 2.95. The molecule has 4 nitrogen and oxygen atoms in total. The van der Waals surface area contributed by atoms with Crippen LogP contribution in [0, 0.1) is 0 Å². The normalized spacial score (nSPS) is 19.2. The average molecular weight is 335 g/mol. The Hall–Kier alpha value is -1.40. The highest BCUT2D eigenvalue weighted by Crippen LogP contribution is 2.21. The third kappa shape index (κ3) is 5.42. The van der Waals surface area contributed by atoms with Crippen LogP contribution in [0.2, 0.25) is 0 Å². The summed E-state index contributed by atoms with van der Waals surface area (Å²) < 4.78 is 28.8. The highest BCUT2D eigenvalue weighted by Gasteiger charge is 2.22. The second kappa shape index (κ2) is 8.90. The van der Waals surface area contributed by atoms with Crippen LogP contribution in [0.15, 0.2) is 24.3 Å². The Kier molecular flexibility index (Phi) is 7.55. The molecule has 1 unspecified atom stereocenters. The topological polar surface area (TPSA) is 50.4 Å². The predicted octanol–water partition coefficient (Wildman–Crippen LogP) is 3.03. The Balaban J connectivity index is 0.00000242. The summed E-state index contributed by atoms with van der Waals surface area (Å²) in [5.74, 6) is 0.0433. The monoisotopic (exact) mass is 334 g/mol. The summed E-state index contributed by atoms with van der Waals surface area (Å²) in [5, 5.41) is 6.08. The van der Waals surface area contributed by atoms with Gasteiger partial charge in [-0.25, -0.2) is 0 Å². The fourth-order valence-corrected chi connectivity index (χ4v) is 2.43. The van der Waals surface area contributed by atoms with Crippen LogP contribution in [0.25, 0.3) is 0 Å². The fourth-order valence-electron chi connectivity index (χ4n) is 2.43. The molecule has 2 N–H and O–H groups in total. The maximum atomic E-state index is 12.2. The number of halogens is 3. The smallest absolute Gasteiger partial charge is 0.387 e. The van der Waals surface area contributed by atoms with Crippen molar-refractivity contribution in [2.24, 2.45) is 0 Å². The van der Waals surface area contributed by atoms with Crippen LogP contribution in [0.1, 0.15) is 37.8 Å². The lowest BCUT2D eigenvalue weighted by molar-refractivity contribution is -0.124. The summed E-state index contributed by atoms with van der Waals surface area (Å²) in [6, 6.07) is 5.97. The van der Waals surface area contributed by atoms with Gasteiger partial charge in [0.05, 0.1) is 12.1 Å². The molecule has 1 aromatic rings. The van der Waals surface area contributed by atoms with Gasteiger partial charge >= 0.3 is 6.61 Å². The largest absolute Gasteiger partial charge is 0.435 e. The predicted molar refractivity (Wildman–Crippen MR) is 82.5 cm³/mol. The molecule has 0 bridgehead atoms. The third-order valence-electron chi connectivity index (χ3n) is 3.57. The quantitative estimate of drug-likeness (QED) is 0.870. The number of hydrogen-bond acceptors (Lipinski definition) is 3. The maximum Gasteiger partial charge on any atom is 0.387 e. The van der Waals surface area contributed by atoms with Crippen LogP contribution >= 0.6 is 12.4 Å². The van der Waals surface area contributed by atoms with Crippen molar-refractivity contribution in [1.82, 2.24) is 10.6 Å². The molecule has 1 heterocycles. The summed E-state index contributed by atoms with van der Waals surface area (Å²) in [5.41, 5.74) is 0.734. The van der Waals surface area contributed by atoms with Gasteiger partial charge in [-0.15, -0.1) is 12.4 Å². The Morgan fingerprint density at radius 1 is 1.41 bits per heavy atom. The fraction of sp³-hybridized carbons (Fsp3) is 0.533. The van der Waals surface area contributed by atoms with E-state index < -0.39 is 6.61 Å². The van der Waals surface area contributed by atoms with Crippen LogP contribution in [-0.4, -0.2) is 25.1 Å². The van der Waals surface area contributed by atoms with E-state index >= 15 is 0 Å². The van der Waals surface area contributed by atoms with Crippen molar-refractivity contribution in [2.45, 2.75) is 44.9 Å². The zero-order valence-corrected chi connectivity index (χ0v) is 13.2. The molecule has 0 saturated carbocycles. The van der Waals surface area contributed by atoms with Crippen molar-refractivity contribution < 1.29 is 18.3 Å². The molecule has 22 heavy (non-hydrogen) atoms. The highest BCUT2D eigenvalue weighted by atomic mass is 35.5. The van der Waals surface area contributed by atoms with Gasteiger partial charge in [0.15, 0.2) is 0 Å². The van der Waals surface area contributed by atoms with Crippen molar-refractivity contribution >= 4 is 18.3 Å². The van der Waals surface area contributed by atoms with Crippen molar-refractivity contribution in [3.8, 4) is 5.75 Å². The number of rotatable bonds is 5. The van der Waals surface area contributed by atoms with Gasteiger partial charge in [-0.2, -0.15) is 8.78 Å². The van der Waals surface area contributed by atoms with Crippen LogP contribution in [-0.2, 0) is 4.79 Å². The Bertz CT molecular complexity index is 482. The molecule has 7 heteroatoms. The SMILES string of the molecule is CC(NC(=O)[C@H]1CCCCN1)c1cccc(OC(F)F)c1.Cl. The zero-order chi connectivity index (χ0) is 15.2. The van der Waals surface area contributed by atoms with E-state index in [0.29, 0.717) is 0 Å². The third-order valence-corrected chi connectivity index (χ3v) is 3.57. The summed E-state index contributed by atoms with van der Waals surface area (Å²) in [6.45, 7) is -0.177. The van der Waals surface area contributed by atoms with Crippen LogP contribution in [0.3, 0.4) is 0 Å². The molecule has 1 aliphatic heterocycles. The van der Waals surface area contributed by atoms with E-state index in [-0.39, 0.29) is 36.1 Å². The van der Waals surface area contributed by atoms with Gasteiger partial charge in [-0.05, 0) is 44.0 Å². The van der Waals surface area contributed by atoms with Crippen molar-refractivity contribution in [3.63, 3.8) is 0 Å². The molecule has 0 aromatic heterocycles. The molecule has 0 aliphatic carbocycles. The molecule has 1 fully saturated rings. The van der Waals surface area contributed by atoms with E-state index in [1.807, 2.05) is 6.92 Å². The highest BCUT2D eigenvalue weighted by molar-refractivity contribution is 5.85. The van der Waals surface area contributed by atoms with Gasteiger partial charge in [0.1, 0.15) is 5.75 Å². The summed E-state index contributed by atoms with van der Waals surface area (Å²) >= 11 is 0. The van der Waals surface area contributed by atoms with E-state index in [4.69, 9.17) is 0 Å². The first-order valence-electron chi connectivity index (χ1n) is 7.15. The van der Waals surface area contributed by atoms with E-state index in [0.717, 1.165) is 31.4 Å². The van der Waals surface area contributed by atoms with E-state index in [1.54, 1.807) is 12.1 Å². The molecule has 2 atom stereocenters. The molecule has 0 radical (unpaired) electrons. The van der Waals surface area contributed by atoms with Crippen LogP contribution < -0.4 is 15.4 Å². The second-order valence-electron chi connectivity index (χ2n) is 5.18. The molecule has 124 valence electrons. The molecular weight excluding hydrogens is 314 g/mol. The minimum absolute atomic E-state index is 0.